The summed E-state index contributed by atoms with van der Waals surface area (Å²) in [7, 11) is 0. The first-order valence-corrected chi connectivity index (χ1v) is 9.09. The molecule has 0 aromatic heterocycles. The van der Waals surface area contributed by atoms with Crippen molar-refractivity contribution >= 4 is 12.2 Å². The van der Waals surface area contributed by atoms with Gasteiger partial charge in [0.1, 0.15) is 0 Å². The lowest BCUT2D eigenvalue weighted by Gasteiger charge is -2.17. The van der Waals surface area contributed by atoms with Crippen molar-refractivity contribution in [3.8, 4) is 0 Å². The molecule has 0 atom stereocenters. The molecule has 0 heterocycles. The normalized spacial score (nSPS) is 10.8. The Kier molecular flexibility index (Phi) is 8.17. The van der Waals surface area contributed by atoms with Gasteiger partial charge in [-0.1, -0.05) is 87.2 Å². The molecule has 132 valence electrons. The number of hydrogen-bond acceptors (Lipinski definition) is 2. The lowest BCUT2D eigenvalue weighted by molar-refractivity contribution is 0.429. The van der Waals surface area contributed by atoms with E-state index in [4.69, 9.17) is 0 Å². The van der Waals surface area contributed by atoms with Crippen LogP contribution in [0.15, 0.2) is 61.7 Å². The van der Waals surface area contributed by atoms with Gasteiger partial charge in [-0.3, -0.25) is 0 Å². The molecule has 0 saturated heterocycles. The molecule has 2 N–H and O–H groups in total. The second-order valence-corrected chi connectivity index (χ2v) is 6.43. The molecule has 0 aliphatic rings. The molecule has 0 fully saturated rings. The monoisotopic (exact) mass is 334 g/mol. The van der Waals surface area contributed by atoms with E-state index in [1.165, 1.54) is 28.7 Å². The average molecular weight is 335 g/mol. The summed E-state index contributed by atoms with van der Waals surface area (Å²) in [6.45, 7) is 13.8. The molecule has 0 saturated carbocycles. The van der Waals surface area contributed by atoms with Gasteiger partial charge in [-0.05, 0) is 41.3 Å². The molecule has 2 nitrogen and oxygen atoms in total. The van der Waals surface area contributed by atoms with Gasteiger partial charge in [0, 0.05) is 13.1 Å². The van der Waals surface area contributed by atoms with Crippen molar-refractivity contribution in [3.63, 3.8) is 0 Å². The number of benzene rings is 2. The van der Waals surface area contributed by atoms with Crippen LogP contribution >= 0.6 is 0 Å². The maximum Gasteiger partial charge on any atom is 0.0205 e. The standard InChI is InChI=1S/C23H30N2/c1-4-19-9-7-11-22(13-19)17-24-15-21(6-3)16-25-18-23-12-8-10-20(5-2)14-23/h4-5,7-14,21,24-25H,1-2,6,15-18H2,3H3. The molecule has 0 aliphatic heterocycles. The largest absolute Gasteiger partial charge is 0.312 e. The van der Waals surface area contributed by atoms with Crippen LogP contribution in [-0.4, -0.2) is 13.1 Å². The lowest BCUT2D eigenvalue weighted by Crippen LogP contribution is -2.30. The molecule has 0 spiro atoms. The Bertz CT molecular complexity index is 618. The highest BCUT2D eigenvalue weighted by atomic mass is 14.9. The Hall–Kier alpha value is -2.16. The Morgan fingerprint density at radius 3 is 1.72 bits per heavy atom. The third-order valence-electron chi connectivity index (χ3n) is 4.48. The zero-order chi connectivity index (χ0) is 17.9. The maximum atomic E-state index is 3.83. The summed E-state index contributed by atoms with van der Waals surface area (Å²) in [5, 5.41) is 7.17. The van der Waals surface area contributed by atoms with Gasteiger partial charge in [0.25, 0.3) is 0 Å². The van der Waals surface area contributed by atoms with Crippen molar-refractivity contribution in [2.75, 3.05) is 13.1 Å². The fourth-order valence-electron chi connectivity index (χ4n) is 2.86. The van der Waals surface area contributed by atoms with Crippen LogP contribution in [0.1, 0.15) is 35.6 Å². The number of rotatable bonds is 11. The van der Waals surface area contributed by atoms with E-state index in [0.29, 0.717) is 5.92 Å². The Balaban J connectivity index is 1.72. The van der Waals surface area contributed by atoms with Crippen molar-refractivity contribution < 1.29 is 0 Å². The second-order valence-electron chi connectivity index (χ2n) is 6.43. The van der Waals surface area contributed by atoms with E-state index in [-0.39, 0.29) is 0 Å². The van der Waals surface area contributed by atoms with Crippen LogP contribution in [0.5, 0.6) is 0 Å². The van der Waals surface area contributed by atoms with Crippen LogP contribution in [0, 0.1) is 5.92 Å². The molecule has 2 aromatic rings. The smallest absolute Gasteiger partial charge is 0.0205 e. The van der Waals surface area contributed by atoms with E-state index in [0.717, 1.165) is 26.2 Å². The van der Waals surface area contributed by atoms with Gasteiger partial charge in [-0.25, -0.2) is 0 Å². The van der Waals surface area contributed by atoms with Crippen molar-refractivity contribution in [2.24, 2.45) is 5.92 Å². The molecule has 2 rings (SSSR count). The van der Waals surface area contributed by atoms with Crippen LogP contribution in [0.3, 0.4) is 0 Å². The first kappa shape index (κ1) is 19.2. The van der Waals surface area contributed by atoms with Crippen molar-refractivity contribution in [2.45, 2.75) is 26.4 Å². The third kappa shape index (κ3) is 6.69. The SMILES string of the molecule is C=Cc1cccc(CNCC(CC)CNCc2cccc(C=C)c2)c1. The van der Waals surface area contributed by atoms with Crippen molar-refractivity contribution in [1.29, 1.82) is 0 Å². The zero-order valence-corrected chi connectivity index (χ0v) is 15.3. The van der Waals surface area contributed by atoms with Gasteiger partial charge in [-0.2, -0.15) is 0 Å². The summed E-state index contributed by atoms with van der Waals surface area (Å²) in [6, 6.07) is 17.0. The average Bonchev–Trinajstić information content (AvgIpc) is 2.67. The maximum absolute atomic E-state index is 3.83. The molecular formula is C23H30N2. The summed E-state index contributed by atoms with van der Waals surface area (Å²) < 4.78 is 0. The Labute approximate surface area is 152 Å². The predicted molar refractivity (Wildman–Crippen MR) is 110 cm³/mol. The first-order valence-electron chi connectivity index (χ1n) is 9.09. The number of hydrogen-bond donors (Lipinski definition) is 2. The van der Waals surface area contributed by atoms with E-state index in [9.17, 15) is 0 Å². The second kappa shape index (κ2) is 10.7. The fraction of sp³-hybridized carbons (Fsp3) is 0.304. The molecule has 0 bridgehead atoms. The molecule has 0 unspecified atom stereocenters. The van der Waals surface area contributed by atoms with Gasteiger partial charge in [0.15, 0.2) is 0 Å². The van der Waals surface area contributed by atoms with Crippen LogP contribution < -0.4 is 10.6 Å². The summed E-state index contributed by atoms with van der Waals surface area (Å²) in [4.78, 5) is 0. The predicted octanol–water partition coefficient (Wildman–Crippen LogP) is 4.88. The van der Waals surface area contributed by atoms with Gasteiger partial charge < -0.3 is 10.6 Å². The van der Waals surface area contributed by atoms with Crippen LogP contribution in [0.25, 0.3) is 12.2 Å². The quantitative estimate of drug-likeness (QED) is 0.612. The Morgan fingerprint density at radius 1 is 0.840 bits per heavy atom. The molecule has 2 aromatic carbocycles. The van der Waals surface area contributed by atoms with Gasteiger partial charge in [-0.15, -0.1) is 0 Å². The molecule has 0 aliphatic carbocycles. The number of nitrogens with one attached hydrogen (secondary N) is 2. The van der Waals surface area contributed by atoms with Crippen LogP contribution in [0.2, 0.25) is 0 Å². The highest BCUT2D eigenvalue weighted by molar-refractivity contribution is 5.48. The van der Waals surface area contributed by atoms with E-state index in [1.807, 2.05) is 12.2 Å². The van der Waals surface area contributed by atoms with Gasteiger partial charge in [0.05, 0.1) is 0 Å². The van der Waals surface area contributed by atoms with Gasteiger partial charge in [0.2, 0.25) is 0 Å². The Morgan fingerprint density at radius 2 is 1.32 bits per heavy atom. The van der Waals surface area contributed by atoms with Crippen molar-refractivity contribution in [1.82, 2.24) is 10.6 Å². The van der Waals surface area contributed by atoms with Crippen LogP contribution in [-0.2, 0) is 13.1 Å². The van der Waals surface area contributed by atoms with E-state index >= 15 is 0 Å². The third-order valence-corrected chi connectivity index (χ3v) is 4.48. The van der Waals surface area contributed by atoms with E-state index in [2.05, 4.69) is 79.2 Å². The molecule has 25 heavy (non-hydrogen) atoms. The molecular weight excluding hydrogens is 304 g/mol. The topological polar surface area (TPSA) is 24.1 Å². The molecule has 2 heteroatoms. The first-order chi connectivity index (χ1) is 12.2. The summed E-state index contributed by atoms with van der Waals surface area (Å²) in [5.74, 6) is 0.630. The summed E-state index contributed by atoms with van der Waals surface area (Å²) in [6.07, 6.45) is 4.95. The molecule has 0 amide bonds. The highest BCUT2D eigenvalue weighted by Gasteiger charge is 2.06. The van der Waals surface area contributed by atoms with Gasteiger partial charge >= 0.3 is 0 Å². The minimum absolute atomic E-state index is 0.630. The van der Waals surface area contributed by atoms with Crippen LogP contribution in [0.4, 0.5) is 0 Å². The fourth-order valence-corrected chi connectivity index (χ4v) is 2.86. The molecule has 0 radical (unpaired) electrons. The lowest BCUT2D eigenvalue weighted by atomic mass is 10.1. The minimum atomic E-state index is 0.630. The van der Waals surface area contributed by atoms with E-state index in [1.54, 1.807) is 0 Å². The summed E-state index contributed by atoms with van der Waals surface area (Å²) in [5.41, 5.74) is 4.97. The van der Waals surface area contributed by atoms with E-state index < -0.39 is 0 Å². The summed E-state index contributed by atoms with van der Waals surface area (Å²) >= 11 is 0. The van der Waals surface area contributed by atoms with Crippen molar-refractivity contribution in [3.05, 3.63) is 83.9 Å². The highest BCUT2D eigenvalue weighted by Crippen LogP contribution is 2.08. The zero-order valence-electron chi connectivity index (χ0n) is 15.3. The minimum Gasteiger partial charge on any atom is -0.312 e.